The summed E-state index contributed by atoms with van der Waals surface area (Å²) in [5.74, 6) is 0.805. The maximum Gasteiger partial charge on any atom is 0.171 e. The molecule has 0 atom stereocenters. The highest BCUT2D eigenvalue weighted by Crippen LogP contribution is 2.33. The van der Waals surface area contributed by atoms with E-state index < -0.39 is 0 Å². The van der Waals surface area contributed by atoms with Gasteiger partial charge in [0.25, 0.3) is 0 Å². The monoisotopic (exact) mass is 350 g/mol. The molecule has 0 saturated heterocycles. The van der Waals surface area contributed by atoms with Crippen LogP contribution in [0.4, 0.5) is 0 Å². The van der Waals surface area contributed by atoms with Crippen molar-refractivity contribution >= 4 is 33.3 Å². The SMILES string of the molecule is O=C(Cc1ccc(Cl)cc1)c1cc(Br)cc2c1OCC2. The Bertz CT molecular complexity index is 665. The van der Waals surface area contributed by atoms with Gasteiger partial charge in [-0.15, -0.1) is 0 Å². The zero-order valence-corrected chi connectivity index (χ0v) is 13.0. The minimum absolute atomic E-state index is 0.0618. The van der Waals surface area contributed by atoms with Gasteiger partial charge in [-0.2, -0.15) is 0 Å². The summed E-state index contributed by atoms with van der Waals surface area (Å²) in [6.07, 6.45) is 1.21. The van der Waals surface area contributed by atoms with Gasteiger partial charge in [0.1, 0.15) is 5.75 Å². The van der Waals surface area contributed by atoms with E-state index in [0.717, 1.165) is 27.8 Å². The highest BCUT2D eigenvalue weighted by molar-refractivity contribution is 9.10. The number of ketones is 1. The molecule has 20 heavy (non-hydrogen) atoms. The van der Waals surface area contributed by atoms with Crippen LogP contribution < -0.4 is 4.74 Å². The smallest absolute Gasteiger partial charge is 0.171 e. The molecule has 2 nitrogen and oxygen atoms in total. The molecule has 2 aromatic carbocycles. The van der Waals surface area contributed by atoms with Crippen LogP contribution in [0.15, 0.2) is 40.9 Å². The second kappa shape index (κ2) is 5.58. The molecule has 0 N–H and O–H groups in total. The first kappa shape index (κ1) is 13.7. The molecule has 0 aromatic heterocycles. The Hall–Kier alpha value is -1.32. The van der Waals surface area contributed by atoms with Crippen molar-refractivity contribution in [1.82, 2.24) is 0 Å². The van der Waals surface area contributed by atoms with Gasteiger partial charge in [-0.05, 0) is 35.4 Å². The largest absolute Gasteiger partial charge is 0.492 e. The number of Topliss-reactive ketones (excluding diaryl/α,β-unsaturated/α-hetero) is 1. The topological polar surface area (TPSA) is 26.3 Å². The van der Waals surface area contributed by atoms with Crippen LogP contribution in [0.1, 0.15) is 21.5 Å². The molecular formula is C16H12BrClO2. The molecule has 0 saturated carbocycles. The standard InChI is InChI=1S/C16H12BrClO2/c17-12-8-11-5-6-20-16(11)14(9-12)15(19)7-10-1-3-13(18)4-2-10/h1-4,8-9H,5-7H2. The van der Waals surface area contributed by atoms with E-state index in [9.17, 15) is 4.79 Å². The third-order valence-electron chi connectivity index (χ3n) is 3.33. The number of fused-ring (bicyclic) bond motifs is 1. The van der Waals surface area contributed by atoms with E-state index in [4.69, 9.17) is 16.3 Å². The maximum absolute atomic E-state index is 12.5. The molecule has 0 radical (unpaired) electrons. The first-order valence-electron chi connectivity index (χ1n) is 6.36. The van der Waals surface area contributed by atoms with Gasteiger partial charge >= 0.3 is 0 Å². The Morgan fingerprint density at radius 2 is 2.00 bits per heavy atom. The lowest BCUT2D eigenvalue weighted by Crippen LogP contribution is -2.05. The van der Waals surface area contributed by atoms with Gasteiger partial charge < -0.3 is 4.74 Å². The molecule has 2 aromatic rings. The minimum Gasteiger partial charge on any atom is -0.492 e. The predicted octanol–water partition coefficient (Wildman–Crippen LogP) is 4.46. The second-order valence-corrected chi connectivity index (χ2v) is 6.12. The van der Waals surface area contributed by atoms with Crippen LogP contribution in [0.5, 0.6) is 5.75 Å². The summed E-state index contributed by atoms with van der Waals surface area (Å²) in [4.78, 5) is 12.5. The van der Waals surface area contributed by atoms with Crippen LogP contribution in [0.25, 0.3) is 0 Å². The first-order chi connectivity index (χ1) is 9.63. The average molecular weight is 352 g/mol. The van der Waals surface area contributed by atoms with Gasteiger partial charge in [-0.25, -0.2) is 0 Å². The summed E-state index contributed by atoms with van der Waals surface area (Å²) in [6, 6.07) is 11.2. The Balaban J connectivity index is 1.89. The van der Waals surface area contributed by atoms with Gasteiger partial charge in [-0.1, -0.05) is 39.7 Å². The third kappa shape index (κ3) is 2.74. The Morgan fingerprint density at radius 3 is 2.75 bits per heavy atom. The van der Waals surface area contributed by atoms with Crippen molar-refractivity contribution in [2.24, 2.45) is 0 Å². The fourth-order valence-electron chi connectivity index (χ4n) is 2.36. The molecule has 0 fully saturated rings. The normalized spacial score (nSPS) is 12.9. The van der Waals surface area contributed by atoms with Crippen molar-refractivity contribution in [1.29, 1.82) is 0 Å². The van der Waals surface area contributed by atoms with Crippen molar-refractivity contribution < 1.29 is 9.53 Å². The van der Waals surface area contributed by atoms with Gasteiger partial charge in [0.15, 0.2) is 5.78 Å². The molecule has 0 aliphatic carbocycles. The van der Waals surface area contributed by atoms with Crippen molar-refractivity contribution in [3.05, 3.63) is 62.6 Å². The maximum atomic E-state index is 12.5. The van der Waals surface area contributed by atoms with E-state index in [-0.39, 0.29) is 5.78 Å². The number of halogens is 2. The Morgan fingerprint density at radius 1 is 1.25 bits per heavy atom. The fourth-order valence-corrected chi connectivity index (χ4v) is 2.99. The van der Waals surface area contributed by atoms with Gasteiger partial charge in [-0.3, -0.25) is 4.79 Å². The van der Waals surface area contributed by atoms with E-state index in [1.54, 1.807) is 12.1 Å². The van der Waals surface area contributed by atoms with Crippen molar-refractivity contribution in [3.63, 3.8) is 0 Å². The number of ether oxygens (including phenoxy) is 1. The number of carbonyl (C=O) groups excluding carboxylic acids is 1. The van der Waals surface area contributed by atoms with Crippen LogP contribution >= 0.6 is 27.5 Å². The summed E-state index contributed by atoms with van der Waals surface area (Å²) >= 11 is 9.31. The van der Waals surface area contributed by atoms with Gasteiger partial charge in [0, 0.05) is 22.3 Å². The minimum atomic E-state index is 0.0618. The van der Waals surface area contributed by atoms with E-state index in [2.05, 4.69) is 15.9 Å². The van der Waals surface area contributed by atoms with Crippen LogP contribution in [0.2, 0.25) is 5.02 Å². The summed E-state index contributed by atoms with van der Waals surface area (Å²) in [5.41, 5.74) is 2.70. The van der Waals surface area contributed by atoms with Crippen LogP contribution in [0.3, 0.4) is 0 Å². The van der Waals surface area contributed by atoms with E-state index >= 15 is 0 Å². The summed E-state index contributed by atoms with van der Waals surface area (Å²) in [5, 5.41) is 0.674. The summed E-state index contributed by atoms with van der Waals surface area (Å²) in [6.45, 7) is 0.646. The third-order valence-corrected chi connectivity index (χ3v) is 4.04. The lowest BCUT2D eigenvalue weighted by molar-refractivity contribution is 0.0990. The number of rotatable bonds is 3. The summed E-state index contributed by atoms with van der Waals surface area (Å²) in [7, 11) is 0. The quantitative estimate of drug-likeness (QED) is 0.763. The molecule has 0 unspecified atom stereocenters. The second-order valence-electron chi connectivity index (χ2n) is 4.77. The van der Waals surface area contributed by atoms with Crippen LogP contribution in [-0.4, -0.2) is 12.4 Å². The lowest BCUT2D eigenvalue weighted by Gasteiger charge is -2.08. The van der Waals surface area contributed by atoms with Crippen molar-refractivity contribution in [2.75, 3.05) is 6.61 Å². The fraction of sp³-hybridized carbons (Fsp3) is 0.188. The highest BCUT2D eigenvalue weighted by atomic mass is 79.9. The lowest BCUT2D eigenvalue weighted by atomic mass is 10.00. The number of benzene rings is 2. The Labute approximate surface area is 130 Å². The molecule has 0 spiro atoms. The van der Waals surface area contributed by atoms with Crippen LogP contribution in [0, 0.1) is 0 Å². The number of carbonyl (C=O) groups is 1. The highest BCUT2D eigenvalue weighted by Gasteiger charge is 2.21. The van der Waals surface area contributed by atoms with Gasteiger partial charge in [0.05, 0.1) is 12.2 Å². The zero-order chi connectivity index (χ0) is 14.1. The van der Waals surface area contributed by atoms with Gasteiger partial charge in [0.2, 0.25) is 0 Å². The van der Waals surface area contributed by atoms with E-state index in [1.807, 2.05) is 24.3 Å². The van der Waals surface area contributed by atoms with E-state index in [0.29, 0.717) is 23.6 Å². The number of hydrogen-bond donors (Lipinski definition) is 0. The van der Waals surface area contributed by atoms with E-state index in [1.165, 1.54) is 0 Å². The average Bonchev–Trinajstić information content (AvgIpc) is 2.88. The predicted molar refractivity (Wildman–Crippen MR) is 82.8 cm³/mol. The molecule has 0 amide bonds. The number of hydrogen-bond acceptors (Lipinski definition) is 2. The van der Waals surface area contributed by atoms with Crippen LogP contribution in [-0.2, 0) is 12.8 Å². The van der Waals surface area contributed by atoms with Crippen molar-refractivity contribution in [3.8, 4) is 5.75 Å². The molecule has 1 aliphatic heterocycles. The Kier molecular flexibility index (Phi) is 3.81. The molecule has 4 heteroatoms. The first-order valence-corrected chi connectivity index (χ1v) is 7.53. The molecule has 3 rings (SSSR count). The summed E-state index contributed by atoms with van der Waals surface area (Å²) < 4.78 is 6.52. The van der Waals surface area contributed by atoms with Crippen molar-refractivity contribution in [2.45, 2.75) is 12.8 Å². The molecule has 102 valence electrons. The molecule has 1 aliphatic rings. The molecule has 0 bridgehead atoms. The molecular weight excluding hydrogens is 340 g/mol. The molecule has 1 heterocycles. The zero-order valence-electron chi connectivity index (χ0n) is 10.7.